The van der Waals surface area contributed by atoms with E-state index < -0.39 is 0 Å². The maximum absolute atomic E-state index is 5.34. The zero-order chi connectivity index (χ0) is 17.9. The molecule has 4 heteroatoms. The number of nitrogens with zero attached hydrogens (tertiary/aromatic N) is 2. The molecule has 0 bridgehead atoms. The third-order valence-corrected chi connectivity index (χ3v) is 4.35. The quantitative estimate of drug-likeness (QED) is 0.380. The summed E-state index contributed by atoms with van der Waals surface area (Å²) in [4.78, 5) is 9.13. The molecular formula is C22H18N2O2. The highest BCUT2D eigenvalue weighted by molar-refractivity contribution is 6.06. The topological polar surface area (TPSA) is 43.7 Å². The molecule has 0 N–H and O–H groups in total. The minimum atomic E-state index is 0.680. The van der Waals surface area contributed by atoms with Crippen molar-refractivity contribution in [1.82, 2.24) is 4.98 Å². The van der Waals surface area contributed by atoms with Crippen LogP contribution in [0.25, 0.3) is 21.7 Å². The van der Waals surface area contributed by atoms with Gasteiger partial charge >= 0.3 is 0 Å². The molecule has 1 heterocycles. The summed E-state index contributed by atoms with van der Waals surface area (Å²) in [6, 6.07) is 20.2. The van der Waals surface area contributed by atoms with Crippen LogP contribution in [0.2, 0.25) is 0 Å². The van der Waals surface area contributed by atoms with E-state index >= 15 is 0 Å². The van der Waals surface area contributed by atoms with Gasteiger partial charge in [-0.1, -0.05) is 30.3 Å². The van der Waals surface area contributed by atoms with Crippen LogP contribution in [0.15, 0.2) is 71.9 Å². The average Bonchev–Trinajstić information content (AvgIpc) is 2.71. The number of aromatic nitrogens is 1. The van der Waals surface area contributed by atoms with Crippen LogP contribution >= 0.6 is 0 Å². The molecule has 0 saturated carbocycles. The molecule has 0 amide bonds. The molecule has 0 atom stereocenters. The minimum absolute atomic E-state index is 0.680. The van der Waals surface area contributed by atoms with Crippen LogP contribution in [-0.2, 0) is 0 Å². The molecular weight excluding hydrogens is 324 g/mol. The largest absolute Gasteiger partial charge is 0.493 e. The Labute approximate surface area is 151 Å². The smallest absolute Gasteiger partial charge is 0.161 e. The van der Waals surface area contributed by atoms with Gasteiger partial charge in [-0.25, -0.2) is 0 Å². The molecule has 0 aliphatic rings. The zero-order valence-corrected chi connectivity index (χ0v) is 14.6. The summed E-state index contributed by atoms with van der Waals surface area (Å²) in [5, 5.41) is 3.48. The van der Waals surface area contributed by atoms with Crippen LogP contribution in [0, 0.1) is 0 Å². The summed E-state index contributed by atoms with van der Waals surface area (Å²) in [5.41, 5.74) is 2.71. The Balaban J connectivity index is 1.73. The summed E-state index contributed by atoms with van der Waals surface area (Å²) in [5.74, 6) is 1.38. The van der Waals surface area contributed by atoms with Gasteiger partial charge in [0, 0.05) is 11.6 Å². The first-order valence-electron chi connectivity index (χ1n) is 8.32. The van der Waals surface area contributed by atoms with Gasteiger partial charge in [0.15, 0.2) is 11.5 Å². The summed E-state index contributed by atoms with van der Waals surface area (Å²) in [6.45, 7) is 0. The van der Waals surface area contributed by atoms with E-state index in [9.17, 15) is 0 Å². The van der Waals surface area contributed by atoms with Crippen molar-refractivity contribution in [2.45, 2.75) is 0 Å². The molecule has 128 valence electrons. The maximum atomic E-state index is 5.34. The molecule has 0 aliphatic carbocycles. The molecule has 4 nitrogen and oxygen atoms in total. The molecule has 0 unspecified atom stereocenters. The van der Waals surface area contributed by atoms with Crippen molar-refractivity contribution in [3.05, 3.63) is 72.4 Å². The highest BCUT2D eigenvalue weighted by Crippen LogP contribution is 2.28. The molecule has 1 aromatic heterocycles. The highest BCUT2D eigenvalue weighted by atomic mass is 16.5. The lowest BCUT2D eigenvalue weighted by molar-refractivity contribution is 0.355. The summed E-state index contributed by atoms with van der Waals surface area (Å²) >= 11 is 0. The number of fused-ring (bicyclic) bond motifs is 3. The Morgan fingerprint density at radius 3 is 2.54 bits per heavy atom. The molecule has 0 radical (unpaired) electrons. The van der Waals surface area contributed by atoms with E-state index in [0.29, 0.717) is 11.5 Å². The van der Waals surface area contributed by atoms with E-state index in [1.54, 1.807) is 26.6 Å². The normalized spacial score (nSPS) is 11.3. The fourth-order valence-corrected chi connectivity index (χ4v) is 3.02. The predicted molar refractivity (Wildman–Crippen MR) is 106 cm³/mol. The van der Waals surface area contributed by atoms with E-state index in [0.717, 1.165) is 22.2 Å². The third-order valence-electron chi connectivity index (χ3n) is 4.35. The van der Waals surface area contributed by atoms with Gasteiger partial charge in [0.2, 0.25) is 0 Å². The molecule has 0 fully saturated rings. The Kier molecular flexibility index (Phi) is 4.23. The Morgan fingerprint density at radius 2 is 1.69 bits per heavy atom. The summed E-state index contributed by atoms with van der Waals surface area (Å²) < 4.78 is 10.6. The Hall–Kier alpha value is -3.40. The van der Waals surface area contributed by atoms with Crippen molar-refractivity contribution < 1.29 is 9.47 Å². The Bertz CT molecular complexity index is 1120. The van der Waals surface area contributed by atoms with Gasteiger partial charge in [-0.15, -0.1) is 0 Å². The second kappa shape index (κ2) is 6.84. The van der Waals surface area contributed by atoms with Crippen molar-refractivity contribution in [1.29, 1.82) is 0 Å². The van der Waals surface area contributed by atoms with Crippen molar-refractivity contribution >= 4 is 33.6 Å². The molecule has 0 spiro atoms. The first-order chi connectivity index (χ1) is 12.8. The monoisotopic (exact) mass is 342 g/mol. The van der Waals surface area contributed by atoms with E-state index in [4.69, 9.17) is 9.47 Å². The predicted octanol–water partition coefficient (Wildman–Crippen LogP) is 5.16. The minimum Gasteiger partial charge on any atom is -0.493 e. The maximum Gasteiger partial charge on any atom is 0.161 e. The van der Waals surface area contributed by atoms with Crippen LogP contribution < -0.4 is 9.47 Å². The van der Waals surface area contributed by atoms with Gasteiger partial charge in [0.25, 0.3) is 0 Å². The molecule has 26 heavy (non-hydrogen) atoms. The molecule has 4 rings (SSSR count). The van der Waals surface area contributed by atoms with Gasteiger partial charge in [-0.3, -0.25) is 9.98 Å². The number of aliphatic imine (C=N–C) groups is 1. The first-order valence-corrected chi connectivity index (χ1v) is 8.32. The lowest BCUT2D eigenvalue weighted by Gasteiger charge is -2.07. The van der Waals surface area contributed by atoms with Crippen LogP contribution in [0.5, 0.6) is 11.5 Å². The van der Waals surface area contributed by atoms with Crippen molar-refractivity contribution in [2.75, 3.05) is 14.2 Å². The first kappa shape index (κ1) is 16.1. The lowest BCUT2D eigenvalue weighted by Crippen LogP contribution is -1.92. The van der Waals surface area contributed by atoms with Crippen molar-refractivity contribution in [3.63, 3.8) is 0 Å². The van der Waals surface area contributed by atoms with E-state index in [1.165, 1.54) is 10.8 Å². The van der Waals surface area contributed by atoms with Crippen LogP contribution in [-0.4, -0.2) is 25.4 Å². The van der Waals surface area contributed by atoms with Gasteiger partial charge in [-0.05, 0) is 46.7 Å². The molecule has 3 aromatic carbocycles. The summed E-state index contributed by atoms with van der Waals surface area (Å²) in [6.07, 6.45) is 3.59. The number of methoxy groups -OCH3 is 2. The lowest BCUT2D eigenvalue weighted by atomic mass is 10.1. The number of pyridine rings is 1. The fraction of sp³-hybridized carbons (Fsp3) is 0.0909. The van der Waals surface area contributed by atoms with E-state index in [-0.39, 0.29) is 0 Å². The summed E-state index contributed by atoms with van der Waals surface area (Å²) in [7, 11) is 3.24. The zero-order valence-electron chi connectivity index (χ0n) is 14.6. The van der Waals surface area contributed by atoms with Gasteiger partial charge in [0.1, 0.15) is 0 Å². The second-order valence-corrected chi connectivity index (χ2v) is 5.92. The van der Waals surface area contributed by atoms with Gasteiger partial charge in [-0.2, -0.15) is 0 Å². The fourth-order valence-electron chi connectivity index (χ4n) is 3.02. The molecule has 4 aromatic rings. The van der Waals surface area contributed by atoms with Crippen LogP contribution in [0.1, 0.15) is 5.56 Å². The van der Waals surface area contributed by atoms with Gasteiger partial charge in [0.05, 0.1) is 31.6 Å². The number of hydrogen-bond donors (Lipinski definition) is 0. The van der Waals surface area contributed by atoms with E-state index in [2.05, 4.69) is 34.2 Å². The van der Waals surface area contributed by atoms with Gasteiger partial charge < -0.3 is 9.47 Å². The number of benzene rings is 3. The number of hydrogen-bond acceptors (Lipinski definition) is 4. The SMILES string of the molecule is COc1ccc(C=Nc2cnc3ccc4ccccc4c3c2)cc1OC. The number of ether oxygens (including phenoxy) is 2. The molecule has 0 saturated heterocycles. The van der Waals surface area contributed by atoms with Crippen molar-refractivity contribution in [3.8, 4) is 11.5 Å². The molecule has 0 aliphatic heterocycles. The van der Waals surface area contributed by atoms with E-state index in [1.807, 2.05) is 36.4 Å². The van der Waals surface area contributed by atoms with Crippen LogP contribution in [0.4, 0.5) is 5.69 Å². The standard InChI is InChI=1S/C22H18N2O2/c1-25-21-10-7-15(11-22(21)26-2)13-23-17-12-19-18-6-4-3-5-16(18)8-9-20(19)24-14-17/h3-14H,1-2H3. The number of rotatable bonds is 4. The van der Waals surface area contributed by atoms with Crippen molar-refractivity contribution in [2.24, 2.45) is 4.99 Å². The highest BCUT2D eigenvalue weighted by Gasteiger charge is 2.04. The van der Waals surface area contributed by atoms with Crippen LogP contribution in [0.3, 0.4) is 0 Å². The Morgan fingerprint density at radius 1 is 0.846 bits per heavy atom. The third kappa shape index (κ3) is 2.97. The average molecular weight is 342 g/mol. The second-order valence-electron chi connectivity index (χ2n) is 5.92.